The van der Waals surface area contributed by atoms with Crippen LogP contribution in [0, 0.1) is 23.2 Å². The van der Waals surface area contributed by atoms with E-state index in [2.05, 4.69) is 11.4 Å². The number of hydrogen-bond acceptors (Lipinski definition) is 3. The van der Waals surface area contributed by atoms with Crippen molar-refractivity contribution in [2.24, 2.45) is 11.8 Å². The Labute approximate surface area is 114 Å². The first-order valence-electron chi connectivity index (χ1n) is 7.12. The molecule has 0 atom stereocenters. The molecule has 3 rings (SSSR count). The van der Waals surface area contributed by atoms with Crippen LogP contribution < -0.4 is 10.1 Å². The molecule has 2 fully saturated rings. The molecule has 0 radical (unpaired) electrons. The lowest BCUT2D eigenvalue weighted by atomic mass is 10.1. The van der Waals surface area contributed by atoms with Gasteiger partial charge in [-0.2, -0.15) is 5.26 Å². The van der Waals surface area contributed by atoms with Crippen molar-refractivity contribution in [3.05, 3.63) is 29.3 Å². The molecule has 1 aromatic rings. The molecule has 0 aromatic heterocycles. The maximum atomic E-state index is 8.99. The fourth-order valence-corrected chi connectivity index (χ4v) is 2.84. The summed E-state index contributed by atoms with van der Waals surface area (Å²) in [6.45, 7) is 0.802. The molecule has 0 spiro atoms. The zero-order chi connectivity index (χ0) is 13.2. The van der Waals surface area contributed by atoms with Crippen molar-refractivity contribution >= 4 is 0 Å². The molecular formula is C16H20N2O. The molecule has 0 bridgehead atoms. The second-order valence-corrected chi connectivity index (χ2v) is 5.72. The molecular weight excluding hydrogens is 236 g/mol. The molecule has 1 aromatic carbocycles. The second-order valence-electron chi connectivity index (χ2n) is 5.72. The van der Waals surface area contributed by atoms with Gasteiger partial charge in [-0.1, -0.05) is 0 Å². The van der Waals surface area contributed by atoms with E-state index in [0.29, 0.717) is 11.6 Å². The smallest absolute Gasteiger partial charge is 0.123 e. The SMILES string of the molecule is COc1ccc(C#N)cc1CNC(C1CC1)C1CC1. The van der Waals surface area contributed by atoms with E-state index in [4.69, 9.17) is 10.00 Å². The lowest BCUT2D eigenvalue weighted by Gasteiger charge is -2.18. The van der Waals surface area contributed by atoms with E-state index in [0.717, 1.165) is 29.7 Å². The molecule has 0 aliphatic heterocycles. The van der Waals surface area contributed by atoms with Crippen molar-refractivity contribution in [1.82, 2.24) is 5.32 Å². The van der Waals surface area contributed by atoms with Gasteiger partial charge in [-0.05, 0) is 55.7 Å². The van der Waals surface area contributed by atoms with Crippen LogP contribution in [-0.4, -0.2) is 13.2 Å². The van der Waals surface area contributed by atoms with Crippen LogP contribution in [0.25, 0.3) is 0 Å². The van der Waals surface area contributed by atoms with E-state index < -0.39 is 0 Å². The number of ether oxygens (including phenoxy) is 1. The normalized spacial score (nSPS) is 18.4. The predicted octanol–water partition coefficient (Wildman–Crippen LogP) is 2.85. The van der Waals surface area contributed by atoms with Crippen molar-refractivity contribution in [2.75, 3.05) is 7.11 Å². The summed E-state index contributed by atoms with van der Waals surface area (Å²) in [5.74, 6) is 2.65. The maximum absolute atomic E-state index is 8.99. The monoisotopic (exact) mass is 256 g/mol. The minimum atomic E-state index is 0.676. The number of methoxy groups -OCH3 is 1. The molecule has 0 saturated heterocycles. The van der Waals surface area contributed by atoms with Gasteiger partial charge in [0, 0.05) is 18.2 Å². The molecule has 0 amide bonds. The van der Waals surface area contributed by atoms with Gasteiger partial charge in [0.25, 0.3) is 0 Å². The molecule has 3 heteroatoms. The Balaban J connectivity index is 1.69. The fraction of sp³-hybridized carbons (Fsp3) is 0.562. The third kappa shape index (κ3) is 2.90. The van der Waals surface area contributed by atoms with Crippen LogP contribution in [0.2, 0.25) is 0 Å². The van der Waals surface area contributed by atoms with Crippen LogP contribution in [0.1, 0.15) is 36.8 Å². The summed E-state index contributed by atoms with van der Waals surface area (Å²) in [7, 11) is 1.68. The zero-order valence-corrected chi connectivity index (χ0v) is 11.4. The molecule has 100 valence electrons. The van der Waals surface area contributed by atoms with Gasteiger partial charge >= 0.3 is 0 Å². The third-order valence-corrected chi connectivity index (χ3v) is 4.20. The highest BCUT2D eigenvalue weighted by molar-refractivity contribution is 5.42. The van der Waals surface area contributed by atoms with E-state index in [1.54, 1.807) is 7.11 Å². The Morgan fingerprint density at radius 3 is 2.53 bits per heavy atom. The van der Waals surface area contributed by atoms with Crippen molar-refractivity contribution in [1.29, 1.82) is 5.26 Å². The summed E-state index contributed by atoms with van der Waals surface area (Å²) in [4.78, 5) is 0. The highest BCUT2D eigenvalue weighted by Gasteiger charge is 2.40. The standard InChI is InChI=1S/C16H20N2O/c1-19-15-7-2-11(9-17)8-14(15)10-18-16(12-3-4-12)13-5-6-13/h2,7-8,12-13,16,18H,3-6,10H2,1H3. The van der Waals surface area contributed by atoms with Crippen molar-refractivity contribution in [3.63, 3.8) is 0 Å². The topological polar surface area (TPSA) is 45.0 Å². The molecule has 2 saturated carbocycles. The highest BCUT2D eigenvalue weighted by Crippen LogP contribution is 2.44. The Morgan fingerprint density at radius 2 is 2.00 bits per heavy atom. The Morgan fingerprint density at radius 1 is 1.32 bits per heavy atom. The lowest BCUT2D eigenvalue weighted by molar-refractivity contribution is 0.390. The maximum Gasteiger partial charge on any atom is 0.123 e. The minimum absolute atomic E-state index is 0.676. The van der Waals surface area contributed by atoms with Crippen LogP contribution in [0.3, 0.4) is 0 Å². The van der Waals surface area contributed by atoms with Gasteiger partial charge in [-0.3, -0.25) is 0 Å². The van der Waals surface area contributed by atoms with Gasteiger partial charge in [0.05, 0.1) is 18.7 Å². The van der Waals surface area contributed by atoms with Gasteiger partial charge in [0.15, 0.2) is 0 Å². The molecule has 19 heavy (non-hydrogen) atoms. The predicted molar refractivity (Wildman–Crippen MR) is 73.8 cm³/mol. The first-order chi connectivity index (χ1) is 9.31. The largest absolute Gasteiger partial charge is 0.496 e. The number of nitrogens with zero attached hydrogens (tertiary/aromatic N) is 1. The highest BCUT2D eigenvalue weighted by atomic mass is 16.5. The van der Waals surface area contributed by atoms with E-state index >= 15 is 0 Å². The van der Waals surface area contributed by atoms with Crippen LogP contribution in [-0.2, 0) is 6.54 Å². The summed E-state index contributed by atoms with van der Waals surface area (Å²) >= 11 is 0. The van der Waals surface area contributed by atoms with Gasteiger partial charge in [0.1, 0.15) is 5.75 Å². The fourth-order valence-electron chi connectivity index (χ4n) is 2.84. The summed E-state index contributed by atoms with van der Waals surface area (Å²) < 4.78 is 5.38. The minimum Gasteiger partial charge on any atom is -0.496 e. The van der Waals surface area contributed by atoms with E-state index in [9.17, 15) is 0 Å². The van der Waals surface area contributed by atoms with E-state index in [1.807, 2.05) is 18.2 Å². The quantitative estimate of drug-likeness (QED) is 0.851. The number of benzene rings is 1. The van der Waals surface area contributed by atoms with E-state index in [-0.39, 0.29) is 0 Å². The molecule has 3 nitrogen and oxygen atoms in total. The number of hydrogen-bond donors (Lipinski definition) is 1. The van der Waals surface area contributed by atoms with Gasteiger partial charge in [-0.15, -0.1) is 0 Å². The third-order valence-electron chi connectivity index (χ3n) is 4.20. The van der Waals surface area contributed by atoms with Crippen LogP contribution in [0.15, 0.2) is 18.2 Å². The van der Waals surface area contributed by atoms with Crippen molar-refractivity contribution in [3.8, 4) is 11.8 Å². The molecule has 2 aliphatic rings. The van der Waals surface area contributed by atoms with Crippen LogP contribution >= 0.6 is 0 Å². The number of rotatable bonds is 6. The van der Waals surface area contributed by atoms with Crippen LogP contribution in [0.4, 0.5) is 0 Å². The summed E-state index contributed by atoms with van der Waals surface area (Å²) in [6, 6.07) is 8.50. The summed E-state index contributed by atoms with van der Waals surface area (Å²) in [5.41, 5.74) is 1.79. The Hall–Kier alpha value is -1.53. The van der Waals surface area contributed by atoms with Gasteiger partial charge < -0.3 is 10.1 Å². The number of nitriles is 1. The molecule has 0 unspecified atom stereocenters. The average Bonchev–Trinajstić information content (AvgIpc) is 3.31. The summed E-state index contributed by atoms with van der Waals surface area (Å²) in [5, 5.41) is 12.7. The van der Waals surface area contributed by atoms with Gasteiger partial charge in [0.2, 0.25) is 0 Å². The number of nitrogens with one attached hydrogen (secondary N) is 1. The van der Waals surface area contributed by atoms with Crippen molar-refractivity contribution in [2.45, 2.75) is 38.3 Å². The van der Waals surface area contributed by atoms with Gasteiger partial charge in [-0.25, -0.2) is 0 Å². The Bertz CT molecular complexity index is 486. The summed E-state index contributed by atoms with van der Waals surface area (Å²) in [6.07, 6.45) is 5.51. The van der Waals surface area contributed by atoms with E-state index in [1.165, 1.54) is 25.7 Å². The Kier molecular flexibility index (Phi) is 3.44. The lowest BCUT2D eigenvalue weighted by Crippen LogP contribution is -2.32. The zero-order valence-electron chi connectivity index (χ0n) is 11.4. The van der Waals surface area contributed by atoms with Crippen LogP contribution in [0.5, 0.6) is 5.75 Å². The molecule has 1 N–H and O–H groups in total. The van der Waals surface area contributed by atoms with Crippen molar-refractivity contribution < 1.29 is 4.74 Å². The molecule has 2 aliphatic carbocycles. The molecule has 0 heterocycles. The second kappa shape index (κ2) is 5.22. The average molecular weight is 256 g/mol. The first-order valence-corrected chi connectivity index (χ1v) is 7.12. The first kappa shape index (κ1) is 12.5.